The summed E-state index contributed by atoms with van der Waals surface area (Å²) in [5.74, 6) is -0.393. The van der Waals surface area contributed by atoms with Gasteiger partial charge in [-0.25, -0.2) is 4.68 Å². The van der Waals surface area contributed by atoms with Crippen molar-refractivity contribution in [2.45, 2.75) is 25.8 Å². The van der Waals surface area contributed by atoms with Crippen LogP contribution in [0.15, 0.2) is 0 Å². The van der Waals surface area contributed by atoms with Gasteiger partial charge in [0.15, 0.2) is 5.82 Å². The smallest absolute Gasteiger partial charge is 0.325 e. The first-order valence-corrected chi connectivity index (χ1v) is 5.86. The highest BCUT2D eigenvalue weighted by Gasteiger charge is 2.22. The second kappa shape index (κ2) is 4.96. The predicted octanol–water partition coefficient (Wildman–Crippen LogP) is 0.412. The van der Waals surface area contributed by atoms with Crippen LogP contribution in [0.5, 0.6) is 0 Å². The van der Waals surface area contributed by atoms with E-state index in [0.29, 0.717) is 5.82 Å². The largest absolute Gasteiger partial charge is 0.480 e. The average Bonchev–Trinajstić information content (AvgIpc) is 2.67. The highest BCUT2D eigenvalue weighted by atomic mass is 16.4. The molecule has 1 fully saturated rings. The predicted molar refractivity (Wildman–Crippen MR) is 65.1 cm³/mol. The first-order chi connectivity index (χ1) is 8.63. The molecule has 0 aliphatic carbocycles. The zero-order valence-electron chi connectivity index (χ0n) is 9.96. The second-order valence-electron chi connectivity index (χ2n) is 4.29. The van der Waals surface area contributed by atoms with Crippen molar-refractivity contribution in [3.63, 3.8) is 0 Å². The Morgan fingerprint density at radius 3 is 2.67 bits per heavy atom. The van der Waals surface area contributed by atoms with Gasteiger partial charge in [-0.05, 0) is 19.3 Å². The Labute approximate surface area is 104 Å². The minimum atomic E-state index is -1.03. The number of nitrogens with zero attached hydrogens (tertiary/aromatic N) is 4. The maximum absolute atomic E-state index is 10.7. The molecule has 0 aromatic carbocycles. The molecule has 1 aliphatic heterocycles. The van der Waals surface area contributed by atoms with Gasteiger partial charge >= 0.3 is 5.97 Å². The summed E-state index contributed by atoms with van der Waals surface area (Å²) < 4.78 is 1.17. The molecule has 0 radical (unpaired) electrons. The molecule has 7 heteroatoms. The Kier molecular flexibility index (Phi) is 3.37. The molecule has 7 nitrogen and oxygen atoms in total. The topological polar surface area (TPSA) is 108 Å². The monoisotopic (exact) mass is 249 g/mol. The minimum absolute atomic E-state index is 0.125. The van der Waals surface area contributed by atoms with Crippen LogP contribution in [0.25, 0.3) is 0 Å². The van der Waals surface area contributed by atoms with Gasteiger partial charge in [0.05, 0.1) is 0 Å². The first-order valence-electron chi connectivity index (χ1n) is 5.86. The number of piperidine rings is 1. The van der Waals surface area contributed by atoms with E-state index in [4.69, 9.17) is 16.1 Å². The molecule has 0 atom stereocenters. The van der Waals surface area contributed by atoms with Crippen molar-refractivity contribution in [3.05, 3.63) is 5.56 Å². The molecule has 1 saturated heterocycles. The molecule has 0 saturated carbocycles. The lowest BCUT2D eigenvalue weighted by Crippen LogP contribution is -2.30. The van der Waals surface area contributed by atoms with E-state index in [-0.39, 0.29) is 17.9 Å². The van der Waals surface area contributed by atoms with Crippen molar-refractivity contribution in [3.8, 4) is 6.07 Å². The Morgan fingerprint density at radius 1 is 1.44 bits per heavy atom. The summed E-state index contributed by atoms with van der Waals surface area (Å²) in [7, 11) is 0. The number of carboxylic acid groups (broad SMARTS) is 1. The molecule has 3 N–H and O–H groups in total. The third kappa shape index (κ3) is 2.22. The van der Waals surface area contributed by atoms with Gasteiger partial charge in [0.2, 0.25) is 0 Å². The van der Waals surface area contributed by atoms with E-state index in [1.165, 1.54) is 11.1 Å². The average molecular weight is 249 g/mol. The highest BCUT2D eigenvalue weighted by molar-refractivity contribution is 5.70. The van der Waals surface area contributed by atoms with E-state index in [1.54, 1.807) is 0 Å². The fourth-order valence-electron chi connectivity index (χ4n) is 2.14. The van der Waals surface area contributed by atoms with Crippen molar-refractivity contribution < 1.29 is 9.90 Å². The second-order valence-corrected chi connectivity index (χ2v) is 4.29. The summed E-state index contributed by atoms with van der Waals surface area (Å²) in [5, 5.41) is 22.0. The van der Waals surface area contributed by atoms with Gasteiger partial charge in [-0.15, -0.1) is 0 Å². The molecular weight excluding hydrogens is 234 g/mol. The number of hydrogen-bond donors (Lipinski definition) is 2. The number of carboxylic acids is 1. The van der Waals surface area contributed by atoms with Gasteiger partial charge in [0, 0.05) is 13.1 Å². The number of aromatic nitrogens is 2. The number of nitrogen functional groups attached to an aromatic ring is 1. The molecule has 2 heterocycles. The lowest BCUT2D eigenvalue weighted by molar-refractivity contribution is -0.137. The molecule has 0 bridgehead atoms. The Bertz CT molecular complexity index is 496. The first kappa shape index (κ1) is 12.2. The molecule has 0 unspecified atom stereocenters. The van der Waals surface area contributed by atoms with E-state index in [0.717, 1.165) is 25.9 Å². The fourth-order valence-corrected chi connectivity index (χ4v) is 2.14. The Hall–Kier alpha value is -2.23. The summed E-state index contributed by atoms with van der Waals surface area (Å²) in [6, 6.07) is 2.01. The lowest BCUT2D eigenvalue weighted by Gasteiger charge is -2.26. The van der Waals surface area contributed by atoms with E-state index >= 15 is 0 Å². The van der Waals surface area contributed by atoms with Crippen molar-refractivity contribution in [1.82, 2.24) is 9.78 Å². The third-order valence-corrected chi connectivity index (χ3v) is 3.03. The maximum atomic E-state index is 10.7. The fraction of sp³-hybridized carbons (Fsp3) is 0.545. The highest BCUT2D eigenvalue weighted by Crippen LogP contribution is 2.26. The number of rotatable bonds is 3. The quantitative estimate of drug-likeness (QED) is 0.803. The summed E-state index contributed by atoms with van der Waals surface area (Å²) in [6.07, 6.45) is 3.27. The molecule has 1 aromatic rings. The molecule has 96 valence electrons. The van der Waals surface area contributed by atoms with Crippen LogP contribution in [0.3, 0.4) is 0 Å². The zero-order valence-corrected chi connectivity index (χ0v) is 9.96. The zero-order chi connectivity index (χ0) is 13.1. The SMILES string of the molecule is N#Cc1c(N2CCCCC2)nn(CC(=O)O)c1N. The van der Waals surface area contributed by atoms with E-state index in [9.17, 15) is 4.79 Å². The van der Waals surface area contributed by atoms with Crippen LogP contribution in [0.1, 0.15) is 24.8 Å². The summed E-state index contributed by atoms with van der Waals surface area (Å²) in [6.45, 7) is 1.34. The number of nitriles is 1. The van der Waals surface area contributed by atoms with Crippen LogP contribution in [0, 0.1) is 11.3 Å². The van der Waals surface area contributed by atoms with Gasteiger partial charge in [-0.2, -0.15) is 10.4 Å². The van der Waals surface area contributed by atoms with Crippen LogP contribution in [-0.4, -0.2) is 33.9 Å². The van der Waals surface area contributed by atoms with Crippen LogP contribution in [0.4, 0.5) is 11.6 Å². The summed E-state index contributed by atoms with van der Waals surface area (Å²) >= 11 is 0. The van der Waals surface area contributed by atoms with Crippen LogP contribution in [0.2, 0.25) is 0 Å². The Morgan fingerprint density at radius 2 is 2.11 bits per heavy atom. The molecule has 18 heavy (non-hydrogen) atoms. The molecule has 2 rings (SSSR count). The van der Waals surface area contributed by atoms with Gasteiger partial charge in [-0.3, -0.25) is 4.79 Å². The van der Waals surface area contributed by atoms with Crippen LogP contribution >= 0.6 is 0 Å². The molecular formula is C11H15N5O2. The van der Waals surface area contributed by atoms with Crippen LogP contribution < -0.4 is 10.6 Å². The number of anilines is 2. The van der Waals surface area contributed by atoms with Gasteiger partial charge < -0.3 is 15.7 Å². The van der Waals surface area contributed by atoms with Crippen LogP contribution in [-0.2, 0) is 11.3 Å². The van der Waals surface area contributed by atoms with Gasteiger partial charge in [-0.1, -0.05) is 0 Å². The van der Waals surface area contributed by atoms with Gasteiger partial charge in [0.1, 0.15) is 24.0 Å². The summed E-state index contributed by atoms with van der Waals surface area (Å²) in [5.41, 5.74) is 6.03. The number of hydrogen-bond acceptors (Lipinski definition) is 5. The Balaban J connectivity index is 2.34. The molecule has 0 spiro atoms. The number of nitrogens with two attached hydrogens (primary N) is 1. The molecule has 0 amide bonds. The van der Waals surface area contributed by atoms with Gasteiger partial charge in [0.25, 0.3) is 0 Å². The normalized spacial score (nSPS) is 15.4. The minimum Gasteiger partial charge on any atom is -0.480 e. The van der Waals surface area contributed by atoms with Crippen molar-refractivity contribution >= 4 is 17.6 Å². The van der Waals surface area contributed by atoms with E-state index < -0.39 is 5.97 Å². The maximum Gasteiger partial charge on any atom is 0.325 e. The van der Waals surface area contributed by atoms with E-state index in [1.807, 2.05) is 11.0 Å². The molecule has 1 aliphatic rings. The molecule has 1 aromatic heterocycles. The number of aliphatic carboxylic acids is 1. The van der Waals surface area contributed by atoms with E-state index in [2.05, 4.69) is 5.10 Å². The van der Waals surface area contributed by atoms with Crippen molar-refractivity contribution in [2.24, 2.45) is 0 Å². The number of carbonyl (C=O) groups is 1. The standard InChI is InChI=1S/C11H15N5O2/c12-6-8-10(13)16(7-9(17)18)14-11(8)15-4-2-1-3-5-15/h1-5,7,13H2,(H,17,18). The third-order valence-electron chi connectivity index (χ3n) is 3.03. The summed E-state index contributed by atoms with van der Waals surface area (Å²) in [4.78, 5) is 12.7. The van der Waals surface area contributed by atoms with Crippen molar-refractivity contribution in [1.29, 1.82) is 5.26 Å². The lowest BCUT2D eigenvalue weighted by atomic mass is 10.1. The van der Waals surface area contributed by atoms with Crippen molar-refractivity contribution in [2.75, 3.05) is 23.7 Å².